The smallest absolute Gasteiger partial charge is 0.434 e. The largest absolute Gasteiger partial charge is 0.462 e. The van der Waals surface area contributed by atoms with Crippen molar-refractivity contribution < 1.29 is 32.2 Å². The maximum atomic E-state index is 13.5. The molecular weight excluding hydrogens is 391 g/mol. The van der Waals surface area contributed by atoms with Gasteiger partial charge < -0.3 is 14.8 Å². The molecule has 10 heteroatoms. The Morgan fingerprint density at radius 3 is 2.62 bits per heavy atom. The molecule has 0 saturated carbocycles. The summed E-state index contributed by atoms with van der Waals surface area (Å²) in [5.74, 6) is -1.45. The second kappa shape index (κ2) is 8.64. The van der Waals surface area contributed by atoms with Gasteiger partial charge in [0.25, 0.3) is 5.91 Å². The molecule has 156 valence electrons. The Balaban J connectivity index is 1.80. The molecule has 7 nitrogen and oxygen atoms in total. The molecular formula is C19H20F3N3O4. The maximum absolute atomic E-state index is 13.5. The van der Waals surface area contributed by atoms with Crippen LogP contribution in [-0.2, 0) is 15.7 Å². The van der Waals surface area contributed by atoms with Gasteiger partial charge in [0.2, 0.25) is 0 Å². The van der Waals surface area contributed by atoms with Crippen LogP contribution < -0.4 is 5.32 Å². The highest BCUT2D eigenvalue weighted by Gasteiger charge is 2.41. The summed E-state index contributed by atoms with van der Waals surface area (Å²) in [7, 11) is 0. The van der Waals surface area contributed by atoms with Crippen LogP contribution in [0.2, 0.25) is 0 Å². The number of nitrogens with one attached hydrogen (secondary N) is 1. The zero-order chi connectivity index (χ0) is 21.0. The van der Waals surface area contributed by atoms with E-state index in [1.165, 1.54) is 31.2 Å². The van der Waals surface area contributed by atoms with E-state index < -0.39 is 23.4 Å². The van der Waals surface area contributed by atoms with Crippen LogP contribution >= 0.6 is 0 Å². The summed E-state index contributed by atoms with van der Waals surface area (Å²) >= 11 is 0. The number of ether oxygens (including phenoxy) is 2. The van der Waals surface area contributed by atoms with Crippen LogP contribution in [0.25, 0.3) is 5.69 Å². The van der Waals surface area contributed by atoms with E-state index in [-0.39, 0.29) is 29.9 Å². The molecule has 0 aliphatic carbocycles. The van der Waals surface area contributed by atoms with Gasteiger partial charge in [-0.15, -0.1) is 0 Å². The fraction of sp³-hybridized carbons (Fsp3) is 0.421. The third-order valence-corrected chi connectivity index (χ3v) is 4.42. The number of alkyl halides is 3. The highest BCUT2D eigenvalue weighted by atomic mass is 19.4. The molecule has 1 aromatic heterocycles. The van der Waals surface area contributed by atoms with E-state index in [9.17, 15) is 22.8 Å². The van der Waals surface area contributed by atoms with E-state index in [1.807, 2.05) is 0 Å². The summed E-state index contributed by atoms with van der Waals surface area (Å²) < 4.78 is 51.3. The number of hydrogen-bond acceptors (Lipinski definition) is 5. The van der Waals surface area contributed by atoms with Crippen LogP contribution in [0.15, 0.2) is 30.5 Å². The number of carbonyl (C=O) groups excluding carboxylic acids is 2. The van der Waals surface area contributed by atoms with E-state index >= 15 is 0 Å². The quantitative estimate of drug-likeness (QED) is 0.739. The van der Waals surface area contributed by atoms with Gasteiger partial charge in [0.1, 0.15) is 5.56 Å². The van der Waals surface area contributed by atoms with Gasteiger partial charge >= 0.3 is 12.1 Å². The Labute approximate surface area is 164 Å². The van der Waals surface area contributed by atoms with Crippen molar-refractivity contribution >= 4 is 11.9 Å². The molecule has 3 rings (SSSR count). The van der Waals surface area contributed by atoms with E-state index in [0.29, 0.717) is 17.8 Å². The number of carbonyl (C=O) groups is 2. The van der Waals surface area contributed by atoms with Crippen molar-refractivity contribution in [3.8, 4) is 5.69 Å². The van der Waals surface area contributed by atoms with Crippen LogP contribution in [0.1, 0.15) is 46.2 Å². The van der Waals surface area contributed by atoms with Crippen molar-refractivity contribution in [3.05, 3.63) is 47.3 Å². The lowest BCUT2D eigenvalue weighted by Gasteiger charge is -2.13. The predicted octanol–water partition coefficient (Wildman–Crippen LogP) is 2.98. The molecule has 1 fully saturated rings. The van der Waals surface area contributed by atoms with Crippen LogP contribution in [0.3, 0.4) is 0 Å². The standard InChI is InChI=1S/C19H20F3N3O4/c1-2-28-18(27)15-11-24-25(16(15)19(20,21)22)13-7-5-12(6-8-13)17(26)23-10-14-4-3-9-29-14/h5-8,11,14H,2-4,9-10H2,1H3,(H,23,26). The molecule has 1 aliphatic heterocycles. The molecule has 1 atom stereocenters. The fourth-order valence-corrected chi connectivity index (χ4v) is 3.04. The first-order chi connectivity index (χ1) is 13.8. The number of hydrogen-bond donors (Lipinski definition) is 1. The lowest BCUT2D eigenvalue weighted by molar-refractivity contribution is -0.143. The van der Waals surface area contributed by atoms with Crippen molar-refractivity contribution in [2.45, 2.75) is 32.0 Å². The molecule has 2 heterocycles. The molecule has 0 radical (unpaired) electrons. The topological polar surface area (TPSA) is 82.5 Å². The van der Waals surface area contributed by atoms with Crippen molar-refractivity contribution in [1.82, 2.24) is 15.1 Å². The summed E-state index contributed by atoms with van der Waals surface area (Å²) in [5.41, 5.74) is -1.55. The summed E-state index contributed by atoms with van der Waals surface area (Å²) in [5, 5.41) is 6.44. The van der Waals surface area contributed by atoms with Crippen LogP contribution in [-0.4, -0.2) is 47.5 Å². The number of nitrogens with zero attached hydrogens (tertiary/aromatic N) is 2. The number of amides is 1. The average Bonchev–Trinajstić information content (AvgIpc) is 3.36. The monoisotopic (exact) mass is 411 g/mol. The molecule has 0 spiro atoms. The molecule has 1 aromatic carbocycles. The van der Waals surface area contributed by atoms with Gasteiger partial charge in [0, 0.05) is 18.7 Å². The number of rotatable bonds is 6. The molecule has 2 aromatic rings. The fourth-order valence-electron chi connectivity index (χ4n) is 3.04. The van der Waals surface area contributed by atoms with E-state index in [2.05, 4.69) is 15.2 Å². The number of aromatic nitrogens is 2. The van der Waals surface area contributed by atoms with Gasteiger partial charge in [-0.05, 0) is 44.0 Å². The lowest BCUT2D eigenvalue weighted by atomic mass is 10.1. The SMILES string of the molecule is CCOC(=O)c1cnn(-c2ccc(C(=O)NCC3CCCO3)cc2)c1C(F)(F)F. The molecule has 1 saturated heterocycles. The second-order valence-electron chi connectivity index (χ2n) is 6.43. The van der Waals surface area contributed by atoms with Crippen LogP contribution in [0.4, 0.5) is 13.2 Å². The maximum Gasteiger partial charge on any atom is 0.434 e. The van der Waals surface area contributed by atoms with Crippen molar-refractivity contribution in [1.29, 1.82) is 0 Å². The third kappa shape index (κ3) is 4.76. The van der Waals surface area contributed by atoms with E-state index in [0.717, 1.165) is 19.0 Å². The summed E-state index contributed by atoms with van der Waals surface area (Å²) in [6, 6.07) is 5.45. The van der Waals surface area contributed by atoms with E-state index in [4.69, 9.17) is 4.74 Å². The minimum Gasteiger partial charge on any atom is -0.462 e. The highest BCUT2D eigenvalue weighted by Crippen LogP contribution is 2.34. The van der Waals surface area contributed by atoms with Crippen molar-refractivity contribution in [2.75, 3.05) is 19.8 Å². The molecule has 1 N–H and O–H groups in total. The van der Waals surface area contributed by atoms with Gasteiger partial charge in [-0.1, -0.05) is 0 Å². The zero-order valence-electron chi connectivity index (χ0n) is 15.7. The number of esters is 1. The summed E-state index contributed by atoms with van der Waals surface area (Å²) in [6.45, 7) is 2.49. The number of halogens is 3. The Morgan fingerprint density at radius 2 is 2.03 bits per heavy atom. The Hall–Kier alpha value is -2.88. The first kappa shape index (κ1) is 20.8. The Morgan fingerprint density at radius 1 is 1.31 bits per heavy atom. The van der Waals surface area contributed by atoms with E-state index in [1.54, 1.807) is 0 Å². The zero-order valence-corrected chi connectivity index (χ0v) is 15.7. The van der Waals surface area contributed by atoms with Gasteiger partial charge in [-0.3, -0.25) is 4.79 Å². The number of benzene rings is 1. The normalized spacial score (nSPS) is 16.6. The first-order valence-electron chi connectivity index (χ1n) is 9.13. The van der Waals surface area contributed by atoms with Crippen molar-refractivity contribution in [2.24, 2.45) is 0 Å². The lowest BCUT2D eigenvalue weighted by Crippen LogP contribution is -2.31. The molecule has 0 bridgehead atoms. The Kier molecular flexibility index (Phi) is 6.21. The van der Waals surface area contributed by atoms with Crippen molar-refractivity contribution in [3.63, 3.8) is 0 Å². The second-order valence-corrected chi connectivity index (χ2v) is 6.43. The Bertz CT molecular complexity index is 872. The summed E-state index contributed by atoms with van der Waals surface area (Å²) in [4.78, 5) is 24.1. The van der Waals surface area contributed by atoms with Gasteiger partial charge in [0.15, 0.2) is 5.69 Å². The minimum atomic E-state index is -4.82. The molecule has 1 amide bonds. The molecule has 1 aliphatic rings. The van der Waals surface area contributed by atoms with Gasteiger partial charge in [-0.2, -0.15) is 18.3 Å². The molecule has 29 heavy (non-hydrogen) atoms. The minimum absolute atomic E-state index is 0.0158. The molecule has 1 unspecified atom stereocenters. The van der Waals surface area contributed by atoms with Gasteiger partial charge in [0.05, 0.1) is 24.6 Å². The van der Waals surface area contributed by atoms with Crippen LogP contribution in [0.5, 0.6) is 0 Å². The summed E-state index contributed by atoms with van der Waals surface area (Å²) in [6.07, 6.45) is -2.19. The predicted molar refractivity (Wildman–Crippen MR) is 95.8 cm³/mol. The first-order valence-corrected chi connectivity index (χ1v) is 9.13. The van der Waals surface area contributed by atoms with Gasteiger partial charge in [-0.25, -0.2) is 9.48 Å². The van der Waals surface area contributed by atoms with Crippen LogP contribution in [0, 0.1) is 0 Å². The average molecular weight is 411 g/mol. The third-order valence-electron chi connectivity index (χ3n) is 4.42. The highest BCUT2D eigenvalue weighted by molar-refractivity contribution is 5.94.